The lowest BCUT2D eigenvalue weighted by Gasteiger charge is -2.24. The van der Waals surface area contributed by atoms with Crippen LogP contribution in [-0.2, 0) is 24.7 Å². The first kappa shape index (κ1) is 22.8. The summed E-state index contributed by atoms with van der Waals surface area (Å²) >= 11 is 0. The number of nitrogens with one attached hydrogen (secondary N) is 1. The van der Waals surface area contributed by atoms with Crippen LogP contribution in [0.5, 0.6) is 0 Å². The summed E-state index contributed by atoms with van der Waals surface area (Å²) in [5, 5.41) is 2.74. The number of benzene rings is 2. The van der Waals surface area contributed by atoms with E-state index < -0.39 is 44.2 Å². The van der Waals surface area contributed by atoms with E-state index >= 15 is 0 Å². The third-order valence-corrected chi connectivity index (χ3v) is 6.51. The van der Waals surface area contributed by atoms with Crippen LogP contribution in [0.25, 0.3) is 0 Å². The zero-order valence-electron chi connectivity index (χ0n) is 16.3. The summed E-state index contributed by atoms with van der Waals surface area (Å²) in [6.07, 6.45) is 2.54. The lowest BCUT2D eigenvalue weighted by molar-refractivity contribution is -0.120. The van der Waals surface area contributed by atoms with Crippen molar-refractivity contribution in [2.75, 3.05) is 23.4 Å². The summed E-state index contributed by atoms with van der Waals surface area (Å²) in [6, 6.07) is 10.6. The molecule has 1 amide bonds. The second kappa shape index (κ2) is 8.91. The Morgan fingerprint density at radius 2 is 1.69 bits per heavy atom. The quantitative estimate of drug-likeness (QED) is 0.676. The van der Waals surface area contributed by atoms with Gasteiger partial charge in [-0.1, -0.05) is 25.1 Å². The highest BCUT2D eigenvalue weighted by Gasteiger charge is 2.23. The number of sulfone groups is 1. The van der Waals surface area contributed by atoms with Crippen LogP contribution in [0.15, 0.2) is 53.4 Å². The van der Waals surface area contributed by atoms with E-state index in [9.17, 15) is 26.0 Å². The molecule has 158 valence electrons. The fourth-order valence-corrected chi connectivity index (χ4v) is 4.25. The lowest BCUT2D eigenvalue weighted by Crippen LogP contribution is -2.41. The maximum atomic E-state index is 13.5. The smallest absolute Gasteiger partial charge is 0.241 e. The number of anilines is 1. The maximum Gasteiger partial charge on any atom is 0.241 e. The van der Waals surface area contributed by atoms with Gasteiger partial charge >= 0.3 is 0 Å². The Labute approximate surface area is 170 Å². The van der Waals surface area contributed by atoms with Crippen LogP contribution in [0.1, 0.15) is 24.9 Å². The zero-order valence-corrected chi connectivity index (χ0v) is 17.9. The van der Waals surface area contributed by atoms with Crippen molar-refractivity contribution in [3.63, 3.8) is 0 Å². The molecule has 0 aromatic heterocycles. The van der Waals surface area contributed by atoms with E-state index in [0.717, 1.165) is 22.9 Å². The molecule has 2 rings (SSSR count). The number of amides is 1. The van der Waals surface area contributed by atoms with Crippen molar-refractivity contribution in [3.05, 3.63) is 59.9 Å². The molecule has 2 aromatic carbocycles. The monoisotopic (exact) mass is 442 g/mol. The van der Waals surface area contributed by atoms with E-state index in [4.69, 9.17) is 0 Å². The van der Waals surface area contributed by atoms with Crippen molar-refractivity contribution in [1.29, 1.82) is 0 Å². The molecule has 2 aromatic rings. The van der Waals surface area contributed by atoms with Gasteiger partial charge in [-0.2, -0.15) is 0 Å². The molecule has 0 spiro atoms. The van der Waals surface area contributed by atoms with Gasteiger partial charge in [-0.15, -0.1) is 0 Å². The highest BCUT2D eigenvalue weighted by Crippen LogP contribution is 2.21. The number of rotatable bonds is 8. The first-order valence-corrected chi connectivity index (χ1v) is 12.5. The van der Waals surface area contributed by atoms with Gasteiger partial charge in [0.25, 0.3) is 0 Å². The molecule has 0 radical (unpaired) electrons. The maximum absolute atomic E-state index is 13.5. The van der Waals surface area contributed by atoms with Crippen molar-refractivity contribution in [2.24, 2.45) is 0 Å². The van der Waals surface area contributed by atoms with Gasteiger partial charge in [0.05, 0.1) is 22.9 Å². The van der Waals surface area contributed by atoms with Crippen molar-refractivity contribution >= 4 is 31.5 Å². The van der Waals surface area contributed by atoms with Crippen LogP contribution in [0, 0.1) is 5.82 Å². The number of halogens is 1. The average molecular weight is 443 g/mol. The third-order valence-electron chi connectivity index (χ3n) is 4.24. The fourth-order valence-electron chi connectivity index (χ4n) is 2.77. The highest BCUT2D eigenvalue weighted by atomic mass is 32.2. The molecule has 0 aliphatic rings. The van der Waals surface area contributed by atoms with Gasteiger partial charge in [-0.25, -0.2) is 21.2 Å². The topological polar surface area (TPSA) is 101 Å². The van der Waals surface area contributed by atoms with Crippen molar-refractivity contribution in [2.45, 2.75) is 24.3 Å². The van der Waals surface area contributed by atoms with Crippen molar-refractivity contribution < 1.29 is 26.0 Å². The predicted molar refractivity (Wildman–Crippen MR) is 109 cm³/mol. The normalized spacial score (nSPS) is 13.0. The zero-order chi connectivity index (χ0) is 21.8. The summed E-state index contributed by atoms with van der Waals surface area (Å²) in [6.45, 7) is 1.32. The van der Waals surface area contributed by atoms with Crippen LogP contribution in [0.3, 0.4) is 0 Å². The SMILES string of the molecule is CC[C@H](NC(=O)CN(c1cccc(F)c1)S(C)(=O)=O)c1ccc(S(C)(=O)=O)cc1. The van der Waals surface area contributed by atoms with Gasteiger partial charge in [0.1, 0.15) is 12.4 Å². The van der Waals surface area contributed by atoms with Crippen LogP contribution >= 0.6 is 0 Å². The lowest BCUT2D eigenvalue weighted by atomic mass is 10.0. The summed E-state index contributed by atoms with van der Waals surface area (Å²) in [4.78, 5) is 12.7. The summed E-state index contributed by atoms with van der Waals surface area (Å²) in [5.74, 6) is -1.19. The van der Waals surface area contributed by atoms with E-state index in [-0.39, 0.29) is 10.6 Å². The Morgan fingerprint density at radius 1 is 1.07 bits per heavy atom. The Morgan fingerprint density at radius 3 is 2.17 bits per heavy atom. The number of carbonyl (C=O) groups excluding carboxylic acids is 1. The Kier molecular flexibility index (Phi) is 7.02. The Bertz CT molecular complexity index is 1080. The highest BCUT2D eigenvalue weighted by molar-refractivity contribution is 7.92. The number of sulfonamides is 1. The van der Waals surface area contributed by atoms with E-state index in [2.05, 4.69) is 5.32 Å². The van der Waals surface area contributed by atoms with Crippen LogP contribution in [-0.4, -0.2) is 41.8 Å². The molecule has 0 saturated heterocycles. The van der Waals surface area contributed by atoms with E-state index in [1.807, 2.05) is 6.92 Å². The second-order valence-electron chi connectivity index (χ2n) is 6.62. The fraction of sp³-hybridized carbons (Fsp3) is 0.316. The molecule has 0 saturated carbocycles. The van der Waals surface area contributed by atoms with Crippen molar-refractivity contribution in [3.8, 4) is 0 Å². The molecule has 0 heterocycles. The van der Waals surface area contributed by atoms with E-state index in [0.29, 0.717) is 12.0 Å². The molecule has 29 heavy (non-hydrogen) atoms. The minimum atomic E-state index is -3.82. The molecule has 0 aliphatic carbocycles. The number of hydrogen-bond acceptors (Lipinski definition) is 5. The van der Waals surface area contributed by atoms with Crippen LogP contribution in [0.2, 0.25) is 0 Å². The molecule has 1 atom stereocenters. The summed E-state index contributed by atoms with van der Waals surface area (Å²) in [5.41, 5.74) is 0.734. The van der Waals surface area contributed by atoms with Gasteiger partial charge in [0, 0.05) is 6.26 Å². The average Bonchev–Trinajstić information content (AvgIpc) is 2.62. The van der Waals surface area contributed by atoms with E-state index in [1.54, 1.807) is 12.1 Å². The second-order valence-corrected chi connectivity index (χ2v) is 10.5. The van der Waals surface area contributed by atoms with Gasteiger partial charge in [0.15, 0.2) is 9.84 Å². The minimum absolute atomic E-state index is 0.0493. The van der Waals surface area contributed by atoms with Gasteiger partial charge in [-0.3, -0.25) is 9.10 Å². The number of hydrogen-bond donors (Lipinski definition) is 1. The molecule has 0 aliphatic heterocycles. The van der Waals surface area contributed by atoms with Gasteiger partial charge in [-0.05, 0) is 42.3 Å². The molecule has 0 bridgehead atoms. The first-order chi connectivity index (χ1) is 13.4. The van der Waals surface area contributed by atoms with E-state index in [1.165, 1.54) is 30.3 Å². The molecule has 10 heteroatoms. The standard InChI is InChI=1S/C19H23FN2O5S2/c1-4-18(14-8-10-17(11-9-14)28(2,24)25)21-19(23)13-22(29(3,26)27)16-7-5-6-15(20)12-16/h5-12,18H,4,13H2,1-3H3,(H,21,23)/t18-/m0/s1. The molecule has 1 N–H and O–H groups in total. The largest absolute Gasteiger partial charge is 0.348 e. The van der Waals surface area contributed by atoms with Crippen LogP contribution in [0.4, 0.5) is 10.1 Å². The van der Waals surface area contributed by atoms with Crippen LogP contribution < -0.4 is 9.62 Å². The minimum Gasteiger partial charge on any atom is -0.348 e. The third kappa shape index (κ3) is 6.26. The molecular weight excluding hydrogens is 419 g/mol. The Balaban J connectivity index is 2.19. The Hall–Kier alpha value is -2.46. The first-order valence-electron chi connectivity index (χ1n) is 8.74. The summed E-state index contributed by atoms with van der Waals surface area (Å²) in [7, 11) is -7.15. The number of carbonyl (C=O) groups is 1. The van der Waals surface area contributed by atoms with Gasteiger partial charge < -0.3 is 5.32 Å². The van der Waals surface area contributed by atoms with Gasteiger partial charge in [0.2, 0.25) is 15.9 Å². The van der Waals surface area contributed by atoms with Crippen molar-refractivity contribution in [1.82, 2.24) is 5.32 Å². The summed E-state index contributed by atoms with van der Waals surface area (Å²) < 4.78 is 61.7. The predicted octanol–water partition coefficient (Wildman–Crippen LogP) is 2.26. The molecule has 0 unspecified atom stereocenters. The molecular formula is C19H23FN2O5S2. The number of nitrogens with zero attached hydrogens (tertiary/aromatic N) is 1. The molecule has 7 nitrogen and oxygen atoms in total. The molecule has 0 fully saturated rings.